The van der Waals surface area contributed by atoms with Crippen molar-refractivity contribution < 1.29 is 38.4 Å². The summed E-state index contributed by atoms with van der Waals surface area (Å²) in [6.07, 6.45) is -1.09. The van der Waals surface area contributed by atoms with Crippen molar-refractivity contribution >= 4 is 17.7 Å². The Morgan fingerprint density at radius 3 is 2.79 bits per heavy atom. The number of aliphatic hydroxyl groups excluding tert-OH is 1. The summed E-state index contributed by atoms with van der Waals surface area (Å²) >= 11 is 0. The zero-order valence-corrected chi connectivity index (χ0v) is 16.0. The number of esters is 1. The molecule has 4 rings (SSSR count). The summed E-state index contributed by atoms with van der Waals surface area (Å²) in [5, 5.41) is 10.9. The maximum atomic E-state index is 12.8. The Kier molecular flexibility index (Phi) is 5.33. The fourth-order valence-electron chi connectivity index (χ4n) is 4.00. The Hall–Kier alpha value is -2.78. The number of carbonyl (C=O) groups excluding carboxylic acids is 2. The molecule has 1 fully saturated rings. The first-order chi connectivity index (χ1) is 14.0. The Labute approximate surface area is 167 Å². The van der Waals surface area contributed by atoms with Gasteiger partial charge in [0, 0.05) is 11.6 Å². The molecule has 0 aromatic heterocycles. The molecule has 1 amide bonds. The van der Waals surface area contributed by atoms with Crippen molar-refractivity contribution in [2.75, 3.05) is 24.9 Å². The third kappa shape index (κ3) is 3.51. The van der Waals surface area contributed by atoms with Crippen LogP contribution in [-0.4, -0.2) is 55.4 Å². The number of benzene rings is 1. The quantitative estimate of drug-likeness (QED) is 0.587. The zero-order chi connectivity index (χ0) is 20.5. The Balaban J connectivity index is 1.71. The molecule has 1 aromatic rings. The standard InChI is InChI=1S/C20H23NO8/c1-3-5-26-20(24)21-13-9-16-15(27-10-28-16)8-12(13)19-18(23)14(21)6-11(29-19)7-17(22)25-4-2/h3,8-9,11,14,18-19,23H,1,4-7,10H2,2H3/t11-,14-,18-,19-/m0/s1. The van der Waals surface area contributed by atoms with Gasteiger partial charge in [-0.15, -0.1) is 0 Å². The fraction of sp³-hybridized carbons (Fsp3) is 0.500. The molecule has 0 radical (unpaired) electrons. The van der Waals surface area contributed by atoms with E-state index in [2.05, 4.69) is 6.58 Å². The van der Waals surface area contributed by atoms with Crippen LogP contribution in [0.15, 0.2) is 24.8 Å². The first-order valence-corrected chi connectivity index (χ1v) is 9.53. The maximum Gasteiger partial charge on any atom is 0.414 e. The maximum absolute atomic E-state index is 12.8. The average molecular weight is 405 g/mol. The highest BCUT2D eigenvalue weighted by atomic mass is 16.7. The zero-order valence-electron chi connectivity index (χ0n) is 16.0. The number of aliphatic hydroxyl groups is 1. The third-order valence-corrected chi connectivity index (χ3v) is 5.19. The number of hydrogen-bond donors (Lipinski definition) is 1. The van der Waals surface area contributed by atoms with Crippen LogP contribution in [0.1, 0.15) is 31.4 Å². The van der Waals surface area contributed by atoms with E-state index in [1.165, 1.54) is 11.0 Å². The molecule has 0 spiro atoms. The van der Waals surface area contributed by atoms with Crippen molar-refractivity contribution in [3.05, 3.63) is 30.4 Å². The van der Waals surface area contributed by atoms with Crippen LogP contribution in [0, 0.1) is 0 Å². The monoisotopic (exact) mass is 405 g/mol. The van der Waals surface area contributed by atoms with Crippen LogP contribution in [0.25, 0.3) is 0 Å². The van der Waals surface area contributed by atoms with Gasteiger partial charge in [-0.1, -0.05) is 12.7 Å². The molecule has 1 aromatic carbocycles. The van der Waals surface area contributed by atoms with E-state index in [1.54, 1.807) is 19.1 Å². The summed E-state index contributed by atoms with van der Waals surface area (Å²) in [6.45, 7) is 5.66. The summed E-state index contributed by atoms with van der Waals surface area (Å²) in [7, 11) is 0. The largest absolute Gasteiger partial charge is 0.466 e. The second-order valence-electron chi connectivity index (χ2n) is 6.98. The van der Waals surface area contributed by atoms with Crippen molar-refractivity contribution in [1.29, 1.82) is 0 Å². The van der Waals surface area contributed by atoms with E-state index in [0.29, 0.717) is 22.7 Å². The average Bonchev–Trinajstić information content (AvgIpc) is 3.14. The molecule has 1 N–H and O–H groups in total. The van der Waals surface area contributed by atoms with Crippen LogP contribution in [0.2, 0.25) is 0 Å². The van der Waals surface area contributed by atoms with Gasteiger partial charge in [0.1, 0.15) is 18.8 Å². The summed E-state index contributed by atoms with van der Waals surface area (Å²) < 4.78 is 27.2. The highest BCUT2D eigenvalue weighted by molar-refractivity contribution is 5.91. The minimum Gasteiger partial charge on any atom is -0.466 e. The van der Waals surface area contributed by atoms with Gasteiger partial charge in [0.15, 0.2) is 11.5 Å². The van der Waals surface area contributed by atoms with Gasteiger partial charge in [0.25, 0.3) is 0 Å². The minimum atomic E-state index is -0.988. The lowest BCUT2D eigenvalue weighted by Crippen LogP contribution is -2.58. The number of fused-ring (bicyclic) bond motifs is 5. The fourth-order valence-corrected chi connectivity index (χ4v) is 4.00. The van der Waals surface area contributed by atoms with E-state index in [4.69, 9.17) is 23.7 Å². The molecule has 156 valence electrons. The third-order valence-electron chi connectivity index (χ3n) is 5.19. The van der Waals surface area contributed by atoms with E-state index < -0.39 is 36.4 Å². The normalized spacial score (nSPS) is 26.5. The van der Waals surface area contributed by atoms with Crippen LogP contribution in [-0.2, 0) is 19.0 Å². The molecular weight excluding hydrogens is 382 g/mol. The van der Waals surface area contributed by atoms with Crippen molar-refractivity contribution in [2.24, 2.45) is 0 Å². The summed E-state index contributed by atoms with van der Waals surface area (Å²) in [5.41, 5.74) is 1.10. The number of hydrogen-bond acceptors (Lipinski definition) is 8. The van der Waals surface area contributed by atoms with Crippen molar-refractivity contribution in [1.82, 2.24) is 0 Å². The van der Waals surface area contributed by atoms with Gasteiger partial charge >= 0.3 is 12.1 Å². The molecule has 0 saturated carbocycles. The van der Waals surface area contributed by atoms with Gasteiger partial charge in [0.2, 0.25) is 6.79 Å². The number of carbonyl (C=O) groups is 2. The van der Waals surface area contributed by atoms with E-state index >= 15 is 0 Å². The molecule has 4 atom stereocenters. The van der Waals surface area contributed by atoms with Gasteiger partial charge < -0.3 is 28.8 Å². The molecule has 1 saturated heterocycles. The lowest BCUT2D eigenvalue weighted by Gasteiger charge is -2.48. The SMILES string of the molecule is C=CCOC(=O)N1c2cc3c(cc2[C@@H]2O[C@H](CC(=O)OCC)C[C@H]1[C@@H]2O)OCO3. The minimum absolute atomic E-state index is 0.0307. The van der Waals surface area contributed by atoms with Crippen LogP contribution < -0.4 is 14.4 Å². The predicted octanol–water partition coefficient (Wildman–Crippen LogP) is 2.07. The lowest BCUT2D eigenvalue weighted by molar-refractivity contribution is -0.160. The highest BCUT2D eigenvalue weighted by Crippen LogP contribution is 2.50. The first-order valence-electron chi connectivity index (χ1n) is 9.53. The van der Waals surface area contributed by atoms with Crippen molar-refractivity contribution in [3.63, 3.8) is 0 Å². The van der Waals surface area contributed by atoms with Gasteiger partial charge in [0.05, 0.1) is 30.9 Å². The molecule has 9 nitrogen and oxygen atoms in total. The summed E-state index contributed by atoms with van der Waals surface area (Å²) in [6, 6.07) is 2.76. The molecule has 9 heteroatoms. The Bertz CT molecular complexity index is 825. The lowest BCUT2D eigenvalue weighted by atomic mass is 9.84. The molecular formula is C20H23NO8. The van der Waals surface area contributed by atoms with Crippen LogP contribution in [0.4, 0.5) is 10.5 Å². The molecule has 0 aliphatic carbocycles. The van der Waals surface area contributed by atoms with E-state index in [-0.39, 0.29) is 32.8 Å². The molecule has 0 unspecified atom stereocenters. The second-order valence-corrected chi connectivity index (χ2v) is 6.98. The van der Waals surface area contributed by atoms with E-state index in [0.717, 1.165) is 0 Å². The van der Waals surface area contributed by atoms with Crippen molar-refractivity contribution in [3.8, 4) is 11.5 Å². The summed E-state index contributed by atoms with van der Waals surface area (Å²) in [4.78, 5) is 26.2. The number of nitrogens with zero attached hydrogens (tertiary/aromatic N) is 1. The topological polar surface area (TPSA) is 104 Å². The van der Waals surface area contributed by atoms with E-state index in [1.807, 2.05) is 0 Å². The molecule has 3 aliphatic rings. The predicted molar refractivity (Wildman–Crippen MR) is 99.9 cm³/mol. The number of anilines is 1. The van der Waals surface area contributed by atoms with Gasteiger partial charge in [-0.3, -0.25) is 9.69 Å². The van der Waals surface area contributed by atoms with Crippen LogP contribution in [0.5, 0.6) is 11.5 Å². The van der Waals surface area contributed by atoms with E-state index in [9.17, 15) is 14.7 Å². The molecule has 2 bridgehead atoms. The van der Waals surface area contributed by atoms with Gasteiger partial charge in [-0.05, 0) is 19.4 Å². The number of amides is 1. The number of ether oxygens (including phenoxy) is 5. The summed E-state index contributed by atoms with van der Waals surface area (Å²) in [5.74, 6) is 0.617. The van der Waals surface area contributed by atoms with Crippen LogP contribution >= 0.6 is 0 Å². The van der Waals surface area contributed by atoms with Gasteiger partial charge in [-0.25, -0.2) is 4.79 Å². The van der Waals surface area contributed by atoms with Crippen LogP contribution in [0.3, 0.4) is 0 Å². The molecule has 29 heavy (non-hydrogen) atoms. The smallest absolute Gasteiger partial charge is 0.414 e. The highest BCUT2D eigenvalue weighted by Gasteiger charge is 2.50. The molecule has 3 heterocycles. The first kappa shape index (κ1) is 19.5. The van der Waals surface area contributed by atoms with Gasteiger partial charge in [-0.2, -0.15) is 0 Å². The molecule has 3 aliphatic heterocycles. The Morgan fingerprint density at radius 1 is 1.31 bits per heavy atom. The van der Waals surface area contributed by atoms with Crippen molar-refractivity contribution in [2.45, 2.75) is 44.1 Å². The second kappa shape index (κ2) is 7.92. The number of rotatable bonds is 5. The Morgan fingerprint density at radius 2 is 2.07 bits per heavy atom.